The van der Waals surface area contributed by atoms with E-state index in [1.165, 1.54) is 25.7 Å². The van der Waals surface area contributed by atoms with Gasteiger partial charge in [-0.1, -0.05) is 68.4 Å². The monoisotopic (exact) mass is 593 g/mol. The summed E-state index contributed by atoms with van der Waals surface area (Å²) < 4.78 is 27.0. The quantitative estimate of drug-likeness (QED) is 0.0722. The largest absolute Gasteiger partial charge is 0.379 e. The molecule has 0 aliphatic heterocycles. The molecule has 0 aromatic carbocycles. The number of Topliss-reactive ketones (excluding diaryl/α,β-unsaturated/α-hetero) is 1. The van der Waals surface area contributed by atoms with Crippen molar-refractivity contribution < 1.29 is 33.3 Å². The van der Waals surface area contributed by atoms with Crippen molar-refractivity contribution in [1.82, 2.24) is 5.32 Å². The fraction of sp³-hybridized carbons (Fsp3) is 0.706. The number of amides is 1. The van der Waals surface area contributed by atoms with Gasteiger partial charge in [0.15, 0.2) is 0 Å². The molecule has 0 radical (unpaired) electrons. The molecule has 0 aliphatic rings. The van der Waals surface area contributed by atoms with Crippen LogP contribution in [0.3, 0.4) is 0 Å². The van der Waals surface area contributed by atoms with Gasteiger partial charge in [-0.25, -0.2) is 0 Å². The summed E-state index contributed by atoms with van der Waals surface area (Å²) >= 11 is 0. The Hall–Kier alpha value is -2.10. The van der Waals surface area contributed by atoms with Crippen molar-refractivity contribution in [3.63, 3.8) is 0 Å². The van der Waals surface area contributed by atoms with E-state index < -0.39 is 0 Å². The van der Waals surface area contributed by atoms with Gasteiger partial charge in [0.2, 0.25) is 5.91 Å². The van der Waals surface area contributed by atoms with E-state index >= 15 is 0 Å². The molecule has 0 unspecified atom stereocenters. The average Bonchev–Trinajstić information content (AvgIpc) is 2.98. The van der Waals surface area contributed by atoms with Crippen LogP contribution in [-0.2, 0) is 33.3 Å². The van der Waals surface area contributed by atoms with Crippen LogP contribution in [0, 0.1) is 0 Å². The minimum absolute atomic E-state index is 0.0624. The summed E-state index contributed by atoms with van der Waals surface area (Å²) in [6, 6.07) is 0. The van der Waals surface area contributed by atoms with E-state index in [0.717, 1.165) is 32.1 Å². The number of ketones is 1. The average molecular weight is 594 g/mol. The van der Waals surface area contributed by atoms with Gasteiger partial charge in [-0.05, 0) is 51.9 Å². The minimum atomic E-state index is 0.0624. The van der Waals surface area contributed by atoms with Crippen LogP contribution in [0.15, 0.2) is 48.6 Å². The highest BCUT2D eigenvalue weighted by Crippen LogP contribution is 2.01. The van der Waals surface area contributed by atoms with Crippen LogP contribution < -0.4 is 5.32 Å². The van der Waals surface area contributed by atoms with E-state index in [1.807, 2.05) is 0 Å². The third-order valence-electron chi connectivity index (χ3n) is 5.89. The molecule has 0 saturated heterocycles. The van der Waals surface area contributed by atoms with Gasteiger partial charge in [-0.2, -0.15) is 0 Å². The zero-order valence-electron chi connectivity index (χ0n) is 26.5. The molecule has 0 spiro atoms. The van der Waals surface area contributed by atoms with Crippen molar-refractivity contribution >= 4 is 11.7 Å². The van der Waals surface area contributed by atoms with Gasteiger partial charge in [-0.15, -0.1) is 0 Å². The predicted molar refractivity (Wildman–Crippen MR) is 171 cm³/mol. The molecule has 0 rings (SSSR count). The Morgan fingerprint density at radius 1 is 0.524 bits per heavy atom. The summed E-state index contributed by atoms with van der Waals surface area (Å²) in [6.07, 6.45) is 28.4. The summed E-state index contributed by atoms with van der Waals surface area (Å²) in [7, 11) is 0. The molecule has 0 aromatic heterocycles. The standard InChI is InChI=1S/C34H59NO7/c1-3-4-5-6-7-8-9-10-11-12-13-14-15-16-17-18-19-20-34(37)35-22-24-39-26-28-41-30-32-42-31-29-40-27-25-38-23-21-33(2)36/h7-8,10-11,13-14,16-17H,3-6,9,12,15,18-32H2,1-2H3,(H,35,37)/b8-7-,11-10-,14-13-,17-16-. The molecule has 1 amide bonds. The number of hydrogen-bond donors (Lipinski definition) is 1. The normalized spacial score (nSPS) is 12.0. The zero-order valence-corrected chi connectivity index (χ0v) is 26.5. The second kappa shape index (κ2) is 35.1. The SMILES string of the molecule is CCCCC/C=C\C/C=C\C/C=C\C/C=C\CCCC(=O)NCCOCCOCCOCCOCCOCCC(C)=O. The first kappa shape index (κ1) is 39.9. The molecule has 0 saturated carbocycles. The van der Waals surface area contributed by atoms with Gasteiger partial charge < -0.3 is 29.0 Å². The van der Waals surface area contributed by atoms with E-state index in [9.17, 15) is 9.59 Å². The summed E-state index contributed by atoms with van der Waals surface area (Å²) in [5, 5.41) is 2.89. The number of nitrogens with one attached hydrogen (secondary N) is 1. The molecule has 0 heterocycles. The number of unbranched alkanes of at least 4 members (excludes halogenated alkanes) is 4. The lowest BCUT2D eigenvalue weighted by Crippen LogP contribution is -2.27. The van der Waals surface area contributed by atoms with E-state index in [2.05, 4.69) is 60.8 Å². The van der Waals surface area contributed by atoms with Gasteiger partial charge in [0.05, 0.1) is 66.1 Å². The second-order valence-corrected chi connectivity index (χ2v) is 9.84. The zero-order chi connectivity index (χ0) is 30.6. The molecule has 0 atom stereocenters. The molecular weight excluding hydrogens is 534 g/mol. The molecule has 8 nitrogen and oxygen atoms in total. The fourth-order valence-electron chi connectivity index (χ4n) is 3.49. The van der Waals surface area contributed by atoms with E-state index in [-0.39, 0.29) is 11.7 Å². The maximum Gasteiger partial charge on any atom is 0.220 e. The predicted octanol–water partition coefficient (Wildman–Crippen LogP) is 6.31. The highest BCUT2D eigenvalue weighted by molar-refractivity contribution is 5.75. The Kier molecular flexibility index (Phi) is 33.3. The van der Waals surface area contributed by atoms with Gasteiger partial charge in [0.25, 0.3) is 0 Å². The van der Waals surface area contributed by atoms with Gasteiger partial charge in [0.1, 0.15) is 5.78 Å². The Morgan fingerprint density at radius 2 is 0.952 bits per heavy atom. The maximum absolute atomic E-state index is 11.9. The van der Waals surface area contributed by atoms with E-state index in [4.69, 9.17) is 23.7 Å². The molecule has 0 bridgehead atoms. The highest BCUT2D eigenvalue weighted by Gasteiger charge is 1.99. The van der Waals surface area contributed by atoms with Gasteiger partial charge in [-0.3, -0.25) is 9.59 Å². The van der Waals surface area contributed by atoms with Crippen molar-refractivity contribution in [3.05, 3.63) is 48.6 Å². The third kappa shape index (κ3) is 35.9. The van der Waals surface area contributed by atoms with Crippen LogP contribution >= 0.6 is 0 Å². The Bertz CT molecular complexity index is 719. The van der Waals surface area contributed by atoms with Crippen molar-refractivity contribution in [1.29, 1.82) is 0 Å². The molecular formula is C34H59NO7. The molecule has 0 aromatic rings. The summed E-state index contributed by atoms with van der Waals surface area (Å²) in [5.41, 5.74) is 0. The van der Waals surface area contributed by atoms with E-state index in [1.54, 1.807) is 6.92 Å². The van der Waals surface area contributed by atoms with Crippen molar-refractivity contribution in [2.45, 2.75) is 84.5 Å². The Morgan fingerprint density at radius 3 is 1.43 bits per heavy atom. The van der Waals surface area contributed by atoms with Crippen LogP contribution in [0.2, 0.25) is 0 Å². The van der Waals surface area contributed by atoms with Gasteiger partial charge in [0, 0.05) is 19.4 Å². The number of hydrogen-bond acceptors (Lipinski definition) is 7. The minimum Gasteiger partial charge on any atom is -0.379 e. The number of ether oxygens (including phenoxy) is 5. The van der Waals surface area contributed by atoms with Crippen molar-refractivity contribution in [2.75, 3.05) is 72.6 Å². The maximum atomic E-state index is 11.9. The van der Waals surface area contributed by atoms with Gasteiger partial charge >= 0.3 is 0 Å². The van der Waals surface area contributed by atoms with E-state index in [0.29, 0.717) is 85.5 Å². The molecule has 8 heteroatoms. The molecule has 1 N–H and O–H groups in total. The first-order valence-corrected chi connectivity index (χ1v) is 15.9. The molecule has 0 aliphatic carbocycles. The number of carbonyl (C=O) groups excluding carboxylic acids is 2. The number of allylic oxidation sites excluding steroid dienone is 8. The lowest BCUT2D eigenvalue weighted by molar-refractivity contribution is -0.121. The summed E-state index contributed by atoms with van der Waals surface area (Å²) in [4.78, 5) is 22.7. The smallest absolute Gasteiger partial charge is 0.220 e. The van der Waals surface area contributed by atoms with Crippen LogP contribution in [0.4, 0.5) is 0 Å². The second-order valence-electron chi connectivity index (χ2n) is 9.84. The molecule has 0 fully saturated rings. The van der Waals surface area contributed by atoms with Crippen LogP contribution in [0.5, 0.6) is 0 Å². The topological polar surface area (TPSA) is 92.3 Å². The van der Waals surface area contributed by atoms with Crippen molar-refractivity contribution in [3.8, 4) is 0 Å². The first-order valence-electron chi connectivity index (χ1n) is 15.9. The molecule has 242 valence electrons. The summed E-state index contributed by atoms with van der Waals surface area (Å²) in [6.45, 7) is 9.12. The first-order chi connectivity index (χ1) is 20.7. The highest BCUT2D eigenvalue weighted by atomic mass is 16.6. The lowest BCUT2D eigenvalue weighted by atomic mass is 10.2. The van der Waals surface area contributed by atoms with Crippen LogP contribution in [-0.4, -0.2) is 84.3 Å². The Balaban J connectivity index is 3.33. The molecule has 42 heavy (non-hydrogen) atoms. The third-order valence-corrected chi connectivity index (χ3v) is 5.89. The van der Waals surface area contributed by atoms with Crippen LogP contribution in [0.25, 0.3) is 0 Å². The fourth-order valence-corrected chi connectivity index (χ4v) is 3.49. The lowest BCUT2D eigenvalue weighted by Gasteiger charge is -2.08. The number of carbonyl (C=O) groups is 2. The number of rotatable bonds is 32. The Labute approximate surface area is 255 Å². The van der Waals surface area contributed by atoms with Crippen LogP contribution in [0.1, 0.15) is 84.5 Å². The van der Waals surface area contributed by atoms with Crippen molar-refractivity contribution in [2.24, 2.45) is 0 Å². The summed E-state index contributed by atoms with van der Waals surface area (Å²) in [5.74, 6) is 0.190.